The SMILES string of the molecule is C[C@H]1CCCN(S(=O)(=O)c2ccc3[nH]c(=O)cc(C(=O)N[C@H](C)CCc4ccccc4)c3c2)C1. The molecule has 3 aromatic rings. The number of aromatic nitrogens is 1. The maximum absolute atomic E-state index is 13.3. The number of H-pyrrole nitrogens is 1. The molecule has 180 valence electrons. The van der Waals surface area contributed by atoms with Crippen molar-refractivity contribution < 1.29 is 13.2 Å². The molecule has 4 rings (SSSR count). The predicted molar refractivity (Wildman–Crippen MR) is 133 cm³/mol. The lowest BCUT2D eigenvalue weighted by molar-refractivity contribution is 0.0940. The van der Waals surface area contributed by atoms with Crippen molar-refractivity contribution in [1.29, 1.82) is 0 Å². The van der Waals surface area contributed by atoms with Gasteiger partial charge >= 0.3 is 0 Å². The van der Waals surface area contributed by atoms with Crippen LogP contribution >= 0.6 is 0 Å². The quantitative estimate of drug-likeness (QED) is 0.537. The summed E-state index contributed by atoms with van der Waals surface area (Å²) < 4.78 is 28.1. The van der Waals surface area contributed by atoms with Gasteiger partial charge in [-0.15, -0.1) is 0 Å². The van der Waals surface area contributed by atoms with Crippen molar-refractivity contribution in [3.05, 3.63) is 76.1 Å². The average Bonchev–Trinajstić information content (AvgIpc) is 2.82. The molecule has 2 atom stereocenters. The smallest absolute Gasteiger partial charge is 0.252 e. The highest BCUT2D eigenvalue weighted by Crippen LogP contribution is 2.26. The Hall–Kier alpha value is -2.97. The molecule has 0 saturated carbocycles. The van der Waals surface area contributed by atoms with Gasteiger partial charge in [0, 0.05) is 36.1 Å². The van der Waals surface area contributed by atoms with E-state index in [0.29, 0.717) is 29.9 Å². The summed E-state index contributed by atoms with van der Waals surface area (Å²) in [4.78, 5) is 28.2. The summed E-state index contributed by atoms with van der Waals surface area (Å²) in [5, 5.41) is 3.38. The Balaban J connectivity index is 1.59. The average molecular weight is 482 g/mol. The first-order chi connectivity index (χ1) is 16.2. The van der Waals surface area contributed by atoms with Crippen LogP contribution in [0.3, 0.4) is 0 Å². The number of rotatable bonds is 7. The van der Waals surface area contributed by atoms with Crippen molar-refractivity contribution in [2.24, 2.45) is 5.92 Å². The summed E-state index contributed by atoms with van der Waals surface area (Å²) in [7, 11) is -3.69. The summed E-state index contributed by atoms with van der Waals surface area (Å²) in [6.07, 6.45) is 3.40. The minimum absolute atomic E-state index is 0.121. The number of fused-ring (bicyclic) bond motifs is 1. The molecule has 1 aromatic heterocycles. The molecule has 0 spiro atoms. The predicted octanol–water partition coefficient (Wildman–Crippen LogP) is 3.70. The highest BCUT2D eigenvalue weighted by Gasteiger charge is 2.29. The van der Waals surface area contributed by atoms with Crippen molar-refractivity contribution in [3.8, 4) is 0 Å². The van der Waals surface area contributed by atoms with Crippen LogP contribution in [0.4, 0.5) is 0 Å². The first kappa shape index (κ1) is 24.2. The van der Waals surface area contributed by atoms with Crippen LogP contribution in [0, 0.1) is 5.92 Å². The molecule has 2 heterocycles. The summed E-state index contributed by atoms with van der Waals surface area (Å²) in [5.41, 5.74) is 1.39. The number of pyridine rings is 1. The van der Waals surface area contributed by atoms with Crippen LogP contribution in [0.15, 0.2) is 64.3 Å². The number of aryl methyl sites for hydroxylation is 1. The lowest BCUT2D eigenvalue weighted by atomic mass is 10.0. The first-order valence-corrected chi connectivity index (χ1v) is 13.2. The number of aromatic amines is 1. The van der Waals surface area contributed by atoms with E-state index >= 15 is 0 Å². The summed E-state index contributed by atoms with van der Waals surface area (Å²) in [6, 6.07) is 15.7. The second kappa shape index (κ2) is 10.1. The Bertz CT molecular complexity index is 1340. The van der Waals surface area contributed by atoms with Gasteiger partial charge in [-0.2, -0.15) is 4.31 Å². The van der Waals surface area contributed by atoms with Crippen LogP contribution in [-0.4, -0.2) is 42.7 Å². The van der Waals surface area contributed by atoms with Crippen molar-refractivity contribution >= 4 is 26.8 Å². The van der Waals surface area contributed by atoms with E-state index in [2.05, 4.69) is 10.3 Å². The van der Waals surface area contributed by atoms with Gasteiger partial charge in [-0.25, -0.2) is 8.42 Å². The van der Waals surface area contributed by atoms with Gasteiger partial charge in [-0.05, 0) is 62.3 Å². The number of piperidine rings is 1. The molecule has 8 heteroatoms. The molecule has 7 nitrogen and oxygen atoms in total. The number of sulfonamides is 1. The molecule has 1 amide bonds. The normalized spacial score (nSPS) is 18.0. The molecular weight excluding hydrogens is 450 g/mol. The second-order valence-corrected chi connectivity index (χ2v) is 11.2. The Morgan fingerprint density at radius 1 is 1.18 bits per heavy atom. The van der Waals surface area contributed by atoms with Crippen LogP contribution in [0.25, 0.3) is 10.9 Å². The molecule has 0 unspecified atom stereocenters. The standard InChI is InChI=1S/C26H31N3O4S/c1-18-7-6-14-29(17-18)34(32,33)21-12-13-24-22(15-21)23(16-25(30)28-24)26(31)27-19(2)10-11-20-8-4-3-5-9-20/h3-5,8-9,12-13,15-16,18-19H,6-7,10-11,14,17H2,1-2H3,(H,27,31)(H,28,30)/t18-,19+/m0/s1. The second-order valence-electron chi connectivity index (χ2n) is 9.26. The molecule has 1 aliphatic rings. The monoisotopic (exact) mass is 481 g/mol. The fraction of sp³-hybridized carbons (Fsp3) is 0.385. The fourth-order valence-corrected chi connectivity index (χ4v) is 6.12. The molecule has 1 aliphatic heterocycles. The molecule has 0 aliphatic carbocycles. The van der Waals surface area contributed by atoms with Gasteiger partial charge < -0.3 is 10.3 Å². The van der Waals surface area contributed by atoms with E-state index in [1.54, 1.807) is 6.07 Å². The van der Waals surface area contributed by atoms with Crippen LogP contribution in [-0.2, 0) is 16.4 Å². The number of carbonyl (C=O) groups is 1. The molecule has 1 fully saturated rings. The highest BCUT2D eigenvalue weighted by molar-refractivity contribution is 7.89. The summed E-state index contributed by atoms with van der Waals surface area (Å²) in [6.45, 7) is 4.94. The van der Waals surface area contributed by atoms with Crippen LogP contribution < -0.4 is 10.9 Å². The first-order valence-electron chi connectivity index (χ1n) is 11.8. The van der Waals surface area contributed by atoms with Crippen molar-refractivity contribution in [2.45, 2.75) is 50.5 Å². The zero-order chi connectivity index (χ0) is 24.3. The van der Waals surface area contributed by atoms with Crippen molar-refractivity contribution in [1.82, 2.24) is 14.6 Å². The number of hydrogen-bond donors (Lipinski definition) is 2. The third-order valence-corrected chi connectivity index (χ3v) is 8.26. The lowest BCUT2D eigenvalue weighted by Crippen LogP contribution is -2.39. The van der Waals surface area contributed by atoms with Crippen LogP contribution in [0.1, 0.15) is 49.0 Å². The topological polar surface area (TPSA) is 99.3 Å². The number of benzene rings is 2. The zero-order valence-corrected chi connectivity index (χ0v) is 20.4. The fourth-order valence-electron chi connectivity index (χ4n) is 4.50. The molecule has 2 N–H and O–H groups in total. The molecule has 0 radical (unpaired) electrons. The number of nitrogens with zero attached hydrogens (tertiary/aromatic N) is 1. The highest BCUT2D eigenvalue weighted by atomic mass is 32.2. The van der Waals surface area contributed by atoms with Gasteiger partial charge in [0.05, 0.1) is 10.5 Å². The summed E-state index contributed by atoms with van der Waals surface area (Å²) >= 11 is 0. The number of nitrogens with one attached hydrogen (secondary N) is 2. The largest absolute Gasteiger partial charge is 0.350 e. The van der Waals surface area contributed by atoms with E-state index in [0.717, 1.165) is 25.7 Å². The van der Waals surface area contributed by atoms with E-state index in [-0.39, 0.29) is 16.5 Å². The molecular formula is C26H31N3O4S. The Labute approximate surface area is 200 Å². The minimum Gasteiger partial charge on any atom is -0.350 e. The van der Waals surface area contributed by atoms with Gasteiger partial charge in [0.15, 0.2) is 0 Å². The maximum Gasteiger partial charge on any atom is 0.252 e. The third kappa shape index (κ3) is 5.39. The van der Waals surface area contributed by atoms with Gasteiger partial charge in [0.25, 0.3) is 5.91 Å². The molecule has 2 aromatic carbocycles. The van der Waals surface area contributed by atoms with Gasteiger partial charge in [0.2, 0.25) is 15.6 Å². The van der Waals surface area contributed by atoms with Crippen LogP contribution in [0.2, 0.25) is 0 Å². The lowest BCUT2D eigenvalue weighted by Gasteiger charge is -2.30. The van der Waals surface area contributed by atoms with Crippen LogP contribution in [0.5, 0.6) is 0 Å². The van der Waals surface area contributed by atoms with Gasteiger partial charge in [0.1, 0.15) is 0 Å². The Kier molecular flexibility index (Phi) is 7.19. The molecule has 34 heavy (non-hydrogen) atoms. The Morgan fingerprint density at radius 2 is 1.94 bits per heavy atom. The number of carbonyl (C=O) groups excluding carboxylic acids is 1. The van der Waals surface area contributed by atoms with E-state index in [1.165, 1.54) is 28.1 Å². The van der Waals surface area contributed by atoms with Crippen molar-refractivity contribution in [2.75, 3.05) is 13.1 Å². The number of amides is 1. The van der Waals surface area contributed by atoms with Gasteiger partial charge in [-0.3, -0.25) is 9.59 Å². The van der Waals surface area contributed by atoms with E-state index < -0.39 is 21.5 Å². The van der Waals surface area contributed by atoms with Gasteiger partial charge in [-0.1, -0.05) is 37.3 Å². The maximum atomic E-state index is 13.3. The Morgan fingerprint density at radius 3 is 2.68 bits per heavy atom. The minimum atomic E-state index is -3.69. The zero-order valence-electron chi connectivity index (χ0n) is 19.6. The van der Waals surface area contributed by atoms with Crippen molar-refractivity contribution in [3.63, 3.8) is 0 Å². The third-order valence-electron chi connectivity index (χ3n) is 6.40. The van der Waals surface area contributed by atoms with E-state index in [9.17, 15) is 18.0 Å². The summed E-state index contributed by atoms with van der Waals surface area (Å²) in [5.74, 6) is -0.0862. The van der Waals surface area contributed by atoms with E-state index in [1.807, 2.05) is 44.2 Å². The molecule has 0 bridgehead atoms. The number of hydrogen-bond acceptors (Lipinski definition) is 4. The van der Waals surface area contributed by atoms with E-state index in [4.69, 9.17) is 0 Å². The molecule has 1 saturated heterocycles.